The van der Waals surface area contributed by atoms with E-state index in [0.29, 0.717) is 17.9 Å². The maximum absolute atomic E-state index is 11.9. The first-order valence-corrected chi connectivity index (χ1v) is 6.73. The Morgan fingerprint density at radius 1 is 1.38 bits per heavy atom. The highest BCUT2D eigenvalue weighted by Crippen LogP contribution is 2.15. The number of aliphatic hydroxyl groups is 1. The monoisotopic (exact) mass is 286 g/mol. The summed E-state index contributed by atoms with van der Waals surface area (Å²) in [6.07, 6.45) is 2.87. The van der Waals surface area contributed by atoms with Crippen LogP contribution in [-0.4, -0.2) is 28.6 Å². The normalized spacial score (nSPS) is 11.7. The van der Waals surface area contributed by atoms with Crippen LogP contribution in [0.5, 0.6) is 5.75 Å². The van der Waals surface area contributed by atoms with Gasteiger partial charge in [0, 0.05) is 30.1 Å². The largest absolute Gasteiger partial charge is 0.489 e. The fourth-order valence-corrected chi connectivity index (χ4v) is 1.72. The number of ether oxygens (including phenoxy) is 1. The van der Waals surface area contributed by atoms with Gasteiger partial charge in [0.05, 0.1) is 6.10 Å². The minimum atomic E-state index is -0.570. The van der Waals surface area contributed by atoms with Gasteiger partial charge >= 0.3 is 0 Å². The van der Waals surface area contributed by atoms with Crippen LogP contribution < -0.4 is 10.1 Å². The average molecular weight is 286 g/mol. The molecule has 5 heteroatoms. The van der Waals surface area contributed by atoms with Crippen LogP contribution in [0.3, 0.4) is 0 Å². The number of carbonyl (C=O) groups is 1. The van der Waals surface area contributed by atoms with Crippen LogP contribution in [0, 0.1) is 0 Å². The van der Waals surface area contributed by atoms with E-state index in [1.54, 1.807) is 43.6 Å². The van der Waals surface area contributed by atoms with Gasteiger partial charge in [-0.15, -0.1) is 0 Å². The summed E-state index contributed by atoms with van der Waals surface area (Å²) in [5.41, 5.74) is 1.46. The quantitative estimate of drug-likeness (QED) is 0.849. The molecular formula is C16H18N2O3. The number of carbonyl (C=O) groups excluding carboxylic acids is 1. The Balaban J connectivity index is 1.96. The van der Waals surface area contributed by atoms with E-state index >= 15 is 0 Å². The minimum absolute atomic E-state index is 0.222. The molecule has 0 fully saturated rings. The molecular weight excluding hydrogens is 268 g/mol. The zero-order valence-electron chi connectivity index (χ0n) is 11.8. The number of aliphatic hydroxyl groups excluding tert-OH is 1. The summed E-state index contributed by atoms with van der Waals surface area (Å²) in [5, 5.41) is 11.8. The van der Waals surface area contributed by atoms with Crippen LogP contribution in [0.2, 0.25) is 0 Å². The summed E-state index contributed by atoms with van der Waals surface area (Å²) in [7, 11) is 0. The second-order valence-corrected chi connectivity index (χ2v) is 4.74. The lowest BCUT2D eigenvalue weighted by atomic mass is 10.2. The maximum atomic E-state index is 11.9. The van der Waals surface area contributed by atoms with E-state index in [0.717, 1.165) is 5.56 Å². The van der Waals surface area contributed by atoms with Gasteiger partial charge < -0.3 is 15.2 Å². The predicted molar refractivity (Wildman–Crippen MR) is 79.0 cm³/mol. The summed E-state index contributed by atoms with van der Waals surface area (Å²) < 4.78 is 5.64. The zero-order chi connectivity index (χ0) is 15.1. The summed E-state index contributed by atoms with van der Waals surface area (Å²) >= 11 is 0. The lowest BCUT2D eigenvalue weighted by Crippen LogP contribution is -2.30. The van der Waals surface area contributed by atoms with Crippen molar-refractivity contribution in [3.05, 3.63) is 59.9 Å². The second-order valence-electron chi connectivity index (χ2n) is 4.74. The molecule has 1 amide bonds. The van der Waals surface area contributed by atoms with E-state index in [9.17, 15) is 4.79 Å². The van der Waals surface area contributed by atoms with Gasteiger partial charge in [-0.1, -0.05) is 12.1 Å². The number of nitrogens with zero attached hydrogens (tertiary/aromatic N) is 1. The Labute approximate surface area is 123 Å². The third-order valence-electron chi connectivity index (χ3n) is 2.78. The Morgan fingerprint density at radius 3 is 2.95 bits per heavy atom. The molecule has 1 unspecified atom stereocenters. The molecule has 0 spiro atoms. The second kappa shape index (κ2) is 7.40. The number of amides is 1. The molecule has 2 N–H and O–H groups in total. The van der Waals surface area contributed by atoms with Crippen molar-refractivity contribution in [3.8, 4) is 5.75 Å². The summed E-state index contributed by atoms with van der Waals surface area (Å²) in [6.45, 7) is 2.24. The van der Waals surface area contributed by atoms with Gasteiger partial charge in [-0.2, -0.15) is 0 Å². The van der Waals surface area contributed by atoms with Gasteiger partial charge in [-0.25, -0.2) is 0 Å². The van der Waals surface area contributed by atoms with Crippen molar-refractivity contribution in [1.82, 2.24) is 10.3 Å². The first kappa shape index (κ1) is 15.0. The van der Waals surface area contributed by atoms with Crippen molar-refractivity contribution in [2.24, 2.45) is 0 Å². The molecule has 1 heterocycles. The van der Waals surface area contributed by atoms with Gasteiger partial charge in [-0.3, -0.25) is 9.78 Å². The van der Waals surface area contributed by atoms with Crippen molar-refractivity contribution in [1.29, 1.82) is 0 Å². The Bertz CT molecular complexity index is 585. The van der Waals surface area contributed by atoms with Gasteiger partial charge in [0.15, 0.2) is 0 Å². The van der Waals surface area contributed by atoms with Crippen LogP contribution in [0.1, 0.15) is 22.8 Å². The number of rotatable bonds is 6. The molecule has 0 aliphatic carbocycles. The van der Waals surface area contributed by atoms with Crippen molar-refractivity contribution in [2.45, 2.75) is 19.6 Å². The molecule has 0 bridgehead atoms. The van der Waals surface area contributed by atoms with Gasteiger partial charge in [0.25, 0.3) is 5.91 Å². The standard InChI is InChI=1S/C16H18N2O3/c1-12(19)9-18-16(20)14-5-2-6-15(8-14)21-11-13-4-3-7-17-10-13/h2-8,10,12,19H,9,11H2,1H3,(H,18,20). The third kappa shape index (κ3) is 4.89. The molecule has 5 nitrogen and oxygen atoms in total. The Kier molecular flexibility index (Phi) is 5.29. The fraction of sp³-hybridized carbons (Fsp3) is 0.250. The van der Waals surface area contributed by atoms with E-state index in [1.165, 1.54) is 0 Å². The number of benzene rings is 1. The first-order chi connectivity index (χ1) is 10.1. The molecule has 0 aliphatic rings. The van der Waals surface area contributed by atoms with E-state index in [2.05, 4.69) is 10.3 Å². The van der Waals surface area contributed by atoms with Crippen LogP contribution in [-0.2, 0) is 6.61 Å². The zero-order valence-corrected chi connectivity index (χ0v) is 11.8. The molecule has 1 aromatic carbocycles. The summed E-state index contributed by atoms with van der Waals surface area (Å²) in [5.74, 6) is 0.381. The predicted octanol–water partition coefficient (Wildman–Crippen LogP) is 1.77. The van der Waals surface area contributed by atoms with Crippen molar-refractivity contribution in [3.63, 3.8) is 0 Å². The molecule has 1 aromatic heterocycles. The van der Waals surface area contributed by atoms with Crippen LogP contribution in [0.25, 0.3) is 0 Å². The van der Waals surface area contributed by atoms with Crippen LogP contribution in [0.4, 0.5) is 0 Å². The highest BCUT2D eigenvalue weighted by Gasteiger charge is 2.07. The molecule has 2 rings (SSSR count). The summed E-state index contributed by atoms with van der Waals surface area (Å²) in [4.78, 5) is 15.9. The molecule has 1 atom stereocenters. The average Bonchev–Trinajstić information content (AvgIpc) is 2.52. The van der Waals surface area contributed by atoms with E-state index in [-0.39, 0.29) is 12.5 Å². The van der Waals surface area contributed by atoms with E-state index in [4.69, 9.17) is 9.84 Å². The van der Waals surface area contributed by atoms with Crippen LogP contribution in [0.15, 0.2) is 48.8 Å². The van der Waals surface area contributed by atoms with Gasteiger partial charge in [0.1, 0.15) is 12.4 Å². The topological polar surface area (TPSA) is 71.5 Å². The highest BCUT2D eigenvalue weighted by molar-refractivity contribution is 5.94. The molecule has 0 aliphatic heterocycles. The lowest BCUT2D eigenvalue weighted by Gasteiger charge is -2.09. The molecule has 110 valence electrons. The Hall–Kier alpha value is -2.40. The SMILES string of the molecule is CC(O)CNC(=O)c1cccc(OCc2cccnc2)c1. The highest BCUT2D eigenvalue weighted by atomic mass is 16.5. The van der Waals surface area contributed by atoms with Crippen molar-refractivity contribution < 1.29 is 14.6 Å². The number of hydrogen-bond acceptors (Lipinski definition) is 4. The van der Waals surface area contributed by atoms with Crippen molar-refractivity contribution >= 4 is 5.91 Å². The molecule has 2 aromatic rings. The lowest BCUT2D eigenvalue weighted by molar-refractivity contribution is 0.0923. The maximum Gasteiger partial charge on any atom is 0.251 e. The summed E-state index contributed by atoms with van der Waals surface area (Å²) in [6, 6.07) is 10.7. The number of nitrogens with one attached hydrogen (secondary N) is 1. The number of pyridine rings is 1. The van der Waals surface area contributed by atoms with Crippen LogP contribution >= 0.6 is 0 Å². The first-order valence-electron chi connectivity index (χ1n) is 6.73. The van der Waals surface area contributed by atoms with Gasteiger partial charge in [0.2, 0.25) is 0 Å². The molecule has 0 saturated carbocycles. The van der Waals surface area contributed by atoms with E-state index in [1.807, 2.05) is 12.1 Å². The minimum Gasteiger partial charge on any atom is -0.489 e. The molecule has 0 saturated heterocycles. The molecule has 21 heavy (non-hydrogen) atoms. The number of hydrogen-bond donors (Lipinski definition) is 2. The molecule has 0 radical (unpaired) electrons. The van der Waals surface area contributed by atoms with Crippen molar-refractivity contribution in [2.75, 3.05) is 6.54 Å². The van der Waals surface area contributed by atoms with E-state index < -0.39 is 6.10 Å². The fourth-order valence-electron chi connectivity index (χ4n) is 1.72. The smallest absolute Gasteiger partial charge is 0.251 e. The Morgan fingerprint density at radius 2 is 2.24 bits per heavy atom. The van der Waals surface area contributed by atoms with Gasteiger partial charge in [-0.05, 0) is 31.2 Å². The third-order valence-corrected chi connectivity index (χ3v) is 2.78. The number of aromatic nitrogens is 1.